The molecule has 0 radical (unpaired) electrons. The van der Waals surface area contributed by atoms with Gasteiger partial charge in [-0.1, -0.05) is 6.92 Å². The third-order valence-corrected chi connectivity index (χ3v) is 0.594. The fraction of sp³-hybridized carbons (Fsp3) is 0.667. The zero-order valence-corrected chi connectivity index (χ0v) is 6.14. The zero-order chi connectivity index (χ0) is 8.41. The molecule has 0 saturated heterocycles. The second-order valence-electron chi connectivity index (χ2n) is 1.26. The molecule has 0 fully saturated rings. The van der Waals surface area contributed by atoms with E-state index in [1.807, 2.05) is 0 Å². The van der Waals surface area contributed by atoms with Gasteiger partial charge in [0.2, 0.25) is 6.08 Å². The molecule has 5 heteroatoms. The topological polar surface area (TPSA) is 67.2 Å². The van der Waals surface area contributed by atoms with Gasteiger partial charge >= 0.3 is 5.97 Å². The lowest BCUT2D eigenvalue weighted by atomic mass is 10.5. The Morgan fingerprint density at radius 2 is 1.91 bits per heavy atom. The van der Waals surface area contributed by atoms with Gasteiger partial charge in [0.05, 0.1) is 6.61 Å². The Morgan fingerprint density at radius 1 is 1.55 bits per heavy atom. The van der Waals surface area contributed by atoms with Crippen LogP contribution < -0.4 is 0 Å². The van der Waals surface area contributed by atoms with Crippen LogP contribution in [0.25, 0.3) is 0 Å². The lowest BCUT2D eigenvalue weighted by Crippen LogP contribution is -2.00. The summed E-state index contributed by atoms with van der Waals surface area (Å²) in [6, 6.07) is 0. The van der Waals surface area contributed by atoms with Crippen molar-refractivity contribution in [2.24, 2.45) is 0 Å². The minimum Gasteiger partial charge on any atom is -0.466 e. The molecule has 1 N–H and O–H groups in total. The van der Waals surface area contributed by atoms with E-state index in [-0.39, 0.29) is 16.9 Å². The molecule has 0 aliphatic carbocycles. The minimum absolute atomic E-state index is 0. The Balaban J connectivity index is -0.000000140. The van der Waals surface area contributed by atoms with Gasteiger partial charge in [-0.3, -0.25) is 4.79 Å². The van der Waals surface area contributed by atoms with Crippen molar-refractivity contribution in [1.29, 1.82) is 5.41 Å². The highest BCUT2D eigenvalue weighted by Crippen LogP contribution is 1.80. The van der Waals surface area contributed by atoms with E-state index in [0.717, 1.165) is 6.08 Å². The zero-order valence-electron chi connectivity index (χ0n) is 6.14. The minimum atomic E-state index is -0.123. The summed E-state index contributed by atoms with van der Waals surface area (Å²) in [6.45, 7) is 4.07. The summed E-state index contributed by atoms with van der Waals surface area (Å²) in [5, 5.41) is 5.40. The van der Waals surface area contributed by atoms with E-state index in [0.29, 0.717) is 13.0 Å². The normalized spacial score (nSPS) is 6.00. The van der Waals surface area contributed by atoms with Crippen LogP contribution >= 0.6 is 0 Å². The molecule has 0 unspecified atom stereocenters. The largest absolute Gasteiger partial charge is 0.466 e. The first-order valence-electron chi connectivity index (χ1n) is 2.92. The molecular weight excluding hydrogens is 162 g/mol. The molecule has 4 nitrogen and oxygen atoms in total. The maximum atomic E-state index is 10.2. The highest BCUT2D eigenvalue weighted by Gasteiger charge is 1.91. The van der Waals surface area contributed by atoms with Crippen molar-refractivity contribution in [3.8, 4) is 0 Å². The summed E-state index contributed by atoms with van der Waals surface area (Å²) in [4.78, 5) is 18.5. The molecule has 0 aromatic heterocycles. The molecule has 0 heterocycles. The van der Waals surface area contributed by atoms with Gasteiger partial charge < -0.3 is 4.74 Å². The Morgan fingerprint density at radius 3 is 2.00 bits per heavy atom. The molecule has 0 atom stereocenters. The van der Waals surface area contributed by atoms with Crippen molar-refractivity contribution >= 4 is 23.0 Å². The van der Waals surface area contributed by atoms with Crippen molar-refractivity contribution in [2.75, 3.05) is 6.61 Å². The molecule has 0 spiro atoms. The van der Waals surface area contributed by atoms with Gasteiger partial charge in [-0.05, 0) is 17.9 Å². The van der Waals surface area contributed by atoms with E-state index in [1.54, 1.807) is 13.8 Å². The smallest absolute Gasteiger partial charge is 0.305 e. The van der Waals surface area contributed by atoms with Crippen LogP contribution in [-0.2, 0) is 14.3 Å². The summed E-state index contributed by atoms with van der Waals surface area (Å²) < 4.78 is 4.55. The van der Waals surface area contributed by atoms with E-state index < -0.39 is 0 Å². The molecular formula is C6H15NO3Si. The van der Waals surface area contributed by atoms with Gasteiger partial charge in [0.15, 0.2) is 0 Å². The number of esters is 1. The number of isocyanates is 1. The molecule has 0 bridgehead atoms. The lowest BCUT2D eigenvalue weighted by molar-refractivity contribution is -0.142. The average Bonchev–Trinajstić information content (AvgIpc) is 1.90. The Kier molecular flexibility index (Phi) is 24.1. The summed E-state index contributed by atoms with van der Waals surface area (Å²) in [6.07, 6.45) is 1.23. The van der Waals surface area contributed by atoms with Crippen LogP contribution in [0.4, 0.5) is 0 Å². The molecule has 11 heavy (non-hydrogen) atoms. The molecule has 0 aliphatic heterocycles. The van der Waals surface area contributed by atoms with Crippen LogP contribution in [0.1, 0.15) is 20.3 Å². The van der Waals surface area contributed by atoms with Crippen molar-refractivity contribution in [2.45, 2.75) is 20.3 Å². The third-order valence-electron chi connectivity index (χ3n) is 0.594. The molecule has 0 aromatic carbocycles. The predicted molar refractivity (Wildman–Crippen MR) is 46.7 cm³/mol. The Hall–Kier alpha value is -0.933. The van der Waals surface area contributed by atoms with Crippen molar-refractivity contribution in [3.05, 3.63) is 0 Å². The van der Waals surface area contributed by atoms with Crippen molar-refractivity contribution in [1.82, 2.24) is 0 Å². The van der Waals surface area contributed by atoms with Crippen molar-refractivity contribution in [3.63, 3.8) is 0 Å². The maximum absolute atomic E-state index is 10.2. The maximum Gasteiger partial charge on any atom is 0.305 e. The fourth-order valence-electron chi connectivity index (χ4n) is 0.263. The summed E-state index contributed by atoms with van der Waals surface area (Å²) >= 11 is 0. The summed E-state index contributed by atoms with van der Waals surface area (Å²) in [7, 11) is 0. The van der Waals surface area contributed by atoms with E-state index in [4.69, 9.17) is 10.2 Å². The molecule has 0 aromatic rings. The van der Waals surface area contributed by atoms with Crippen LogP contribution in [0, 0.1) is 5.41 Å². The van der Waals surface area contributed by atoms with Gasteiger partial charge in [0.25, 0.3) is 0 Å². The highest BCUT2D eigenvalue weighted by atomic mass is 28.1. The van der Waals surface area contributed by atoms with Gasteiger partial charge in [0, 0.05) is 6.42 Å². The third kappa shape index (κ3) is 27.4. The Bertz CT molecular complexity index is 121. The predicted octanol–water partition coefficient (Wildman–Crippen LogP) is -0.591. The standard InChI is InChI=1S/C5H10O2.CHNO.H4Si/c1-3-5(6)7-4-2;2-1-3;/h3-4H2,1-2H3;2H;1H4. The summed E-state index contributed by atoms with van der Waals surface area (Å²) in [5.74, 6) is -0.123. The van der Waals surface area contributed by atoms with Gasteiger partial charge in [-0.15, -0.1) is 0 Å². The monoisotopic (exact) mass is 177 g/mol. The number of ether oxygens (including phenoxy) is 1. The van der Waals surface area contributed by atoms with Crippen LogP contribution in [0.15, 0.2) is 0 Å². The van der Waals surface area contributed by atoms with Crippen LogP contribution in [0.3, 0.4) is 0 Å². The molecule has 0 rings (SSSR count). The number of rotatable bonds is 2. The molecule has 66 valence electrons. The number of carbonyl (C=O) groups is 1. The average molecular weight is 177 g/mol. The first-order valence-corrected chi connectivity index (χ1v) is 2.92. The quantitative estimate of drug-likeness (QED) is 0.265. The number of hydrogen-bond donors (Lipinski definition) is 1. The second kappa shape index (κ2) is 16.0. The molecule has 0 amide bonds. The van der Waals surface area contributed by atoms with Gasteiger partial charge in [-0.2, -0.15) is 0 Å². The molecule has 0 saturated carbocycles. The number of carbonyl (C=O) groups excluding carboxylic acids is 2. The fourth-order valence-corrected chi connectivity index (χ4v) is 0.263. The number of hydrogen-bond acceptors (Lipinski definition) is 4. The Labute approximate surface area is 70.5 Å². The van der Waals surface area contributed by atoms with Crippen LogP contribution in [0.5, 0.6) is 0 Å². The van der Waals surface area contributed by atoms with E-state index in [9.17, 15) is 4.79 Å². The van der Waals surface area contributed by atoms with Crippen molar-refractivity contribution < 1.29 is 14.3 Å². The highest BCUT2D eigenvalue weighted by molar-refractivity contribution is 5.75. The first-order chi connectivity index (χ1) is 4.72. The van der Waals surface area contributed by atoms with E-state index in [2.05, 4.69) is 4.74 Å². The van der Waals surface area contributed by atoms with Crippen LogP contribution in [-0.4, -0.2) is 29.6 Å². The molecule has 0 aliphatic rings. The van der Waals surface area contributed by atoms with Crippen LogP contribution in [0.2, 0.25) is 0 Å². The van der Waals surface area contributed by atoms with Gasteiger partial charge in [-0.25, -0.2) is 10.2 Å². The summed E-state index contributed by atoms with van der Waals surface area (Å²) in [5.41, 5.74) is 0. The SMILES string of the molecule is CCOC(=O)CC.N=C=O.[SiH4]. The second-order valence-corrected chi connectivity index (χ2v) is 1.26. The van der Waals surface area contributed by atoms with E-state index in [1.165, 1.54) is 0 Å². The lowest BCUT2D eigenvalue weighted by Gasteiger charge is -1.93. The van der Waals surface area contributed by atoms with E-state index >= 15 is 0 Å². The number of nitrogens with one attached hydrogen (secondary N) is 1. The first kappa shape index (κ1) is 16.6. The van der Waals surface area contributed by atoms with Gasteiger partial charge in [0.1, 0.15) is 0 Å².